The molecule has 13 heavy (non-hydrogen) atoms. The number of aliphatic hydroxyl groups is 1. The molecule has 0 aromatic carbocycles. The maximum atomic E-state index is 8.83. The van der Waals surface area contributed by atoms with Gasteiger partial charge in [0, 0.05) is 6.61 Å². The van der Waals surface area contributed by atoms with Crippen molar-refractivity contribution in [2.75, 3.05) is 19.7 Å². The maximum Gasteiger partial charge on any atom is 0.0468 e. The van der Waals surface area contributed by atoms with E-state index in [2.05, 4.69) is 12.2 Å². The molecule has 0 saturated heterocycles. The highest BCUT2D eigenvalue weighted by Gasteiger charge is 2.12. The number of hydrogen-bond donors (Lipinski definition) is 2. The molecule has 2 heteroatoms. The molecule has 1 rings (SSSR count). The third-order valence-electron chi connectivity index (χ3n) is 2.96. The molecular formula is C11H23NO. The van der Waals surface area contributed by atoms with E-state index in [-0.39, 0.29) is 0 Å². The molecule has 1 saturated carbocycles. The van der Waals surface area contributed by atoms with Crippen molar-refractivity contribution in [3.05, 3.63) is 0 Å². The molecule has 0 spiro atoms. The van der Waals surface area contributed by atoms with Crippen LogP contribution in [0.25, 0.3) is 0 Å². The van der Waals surface area contributed by atoms with Crippen LogP contribution in [0, 0.1) is 11.8 Å². The Morgan fingerprint density at radius 3 is 2.62 bits per heavy atom. The van der Waals surface area contributed by atoms with Gasteiger partial charge in [0.2, 0.25) is 0 Å². The van der Waals surface area contributed by atoms with E-state index in [1.165, 1.54) is 32.1 Å². The van der Waals surface area contributed by atoms with Crippen LogP contribution in [0.3, 0.4) is 0 Å². The molecule has 0 amide bonds. The molecule has 0 aliphatic heterocycles. The fourth-order valence-electron chi connectivity index (χ4n) is 1.99. The quantitative estimate of drug-likeness (QED) is 0.684. The molecule has 0 heterocycles. The lowest BCUT2D eigenvalue weighted by atomic mass is 9.89. The van der Waals surface area contributed by atoms with E-state index in [0.717, 1.165) is 19.0 Å². The smallest absolute Gasteiger partial charge is 0.0468 e. The largest absolute Gasteiger partial charge is 0.396 e. The lowest BCUT2D eigenvalue weighted by Crippen LogP contribution is -2.29. The first-order chi connectivity index (χ1) is 6.33. The van der Waals surface area contributed by atoms with Crippen LogP contribution in [0.2, 0.25) is 0 Å². The Bertz CT molecular complexity index is 121. The number of hydrogen-bond acceptors (Lipinski definition) is 2. The highest BCUT2D eigenvalue weighted by atomic mass is 16.3. The van der Waals surface area contributed by atoms with Crippen LogP contribution < -0.4 is 5.32 Å². The van der Waals surface area contributed by atoms with Crippen LogP contribution in [0.4, 0.5) is 0 Å². The normalized spacial score (nSPS) is 21.7. The second-order valence-electron chi connectivity index (χ2n) is 4.45. The van der Waals surface area contributed by atoms with Gasteiger partial charge in [0.1, 0.15) is 0 Å². The van der Waals surface area contributed by atoms with Crippen molar-refractivity contribution in [2.24, 2.45) is 11.8 Å². The van der Waals surface area contributed by atoms with Crippen LogP contribution >= 0.6 is 0 Å². The summed E-state index contributed by atoms with van der Waals surface area (Å²) in [4.78, 5) is 0. The topological polar surface area (TPSA) is 32.3 Å². The molecule has 2 nitrogen and oxygen atoms in total. The second kappa shape index (κ2) is 6.39. The Labute approximate surface area is 81.7 Å². The summed E-state index contributed by atoms with van der Waals surface area (Å²) >= 11 is 0. The minimum atomic E-state index is 0.303. The van der Waals surface area contributed by atoms with Crippen LogP contribution in [0.5, 0.6) is 0 Å². The Morgan fingerprint density at radius 1 is 1.31 bits per heavy atom. The van der Waals surface area contributed by atoms with Crippen molar-refractivity contribution in [3.8, 4) is 0 Å². The lowest BCUT2D eigenvalue weighted by molar-refractivity contribution is 0.229. The SMILES string of the molecule is CC(CO)CNCC1CCCCC1. The van der Waals surface area contributed by atoms with E-state index in [0.29, 0.717) is 12.5 Å². The first kappa shape index (κ1) is 11.0. The predicted molar refractivity (Wildman–Crippen MR) is 55.7 cm³/mol. The van der Waals surface area contributed by atoms with Crippen molar-refractivity contribution in [1.82, 2.24) is 5.32 Å². The molecule has 1 aliphatic rings. The van der Waals surface area contributed by atoms with E-state index >= 15 is 0 Å². The third kappa shape index (κ3) is 4.63. The minimum absolute atomic E-state index is 0.303. The highest BCUT2D eigenvalue weighted by Crippen LogP contribution is 2.22. The summed E-state index contributed by atoms with van der Waals surface area (Å²) in [5.74, 6) is 1.31. The van der Waals surface area contributed by atoms with Gasteiger partial charge in [-0.1, -0.05) is 26.2 Å². The molecule has 1 unspecified atom stereocenters. The molecule has 78 valence electrons. The number of rotatable bonds is 5. The van der Waals surface area contributed by atoms with Gasteiger partial charge in [0.25, 0.3) is 0 Å². The predicted octanol–water partition coefficient (Wildman–Crippen LogP) is 1.78. The molecule has 2 N–H and O–H groups in total. The van der Waals surface area contributed by atoms with Gasteiger partial charge in [-0.25, -0.2) is 0 Å². The average molecular weight is 185 g/mol. The van der Waals surface area contributed by atoms with Gasteiger partial charge in [0.05, 0.1) is 0 Å². The fourth-order valence-corrected chi connectivity index (χ4v) is 1.99. The summed E-state index contributed by atoms with van der Waals surface area (Å²) in [6.07, 6.45) is 7.08. The van der Waals surface area contributed by atoms with Gasteiger partial charge >= 0.3 is 0 Å². The van der Waals surface area contributed by atoms with Crippen LogP contribution in [-0.2, 0) is 0 Å². The molecule has 0 aromatic heterocycles. The van der Waals surface area contributed by atoms with Gasteiger partial charge in [0.15, 0.2) is 0 Å². The summed E-state index contributed by atoms with van der Waals surface area (Å²) in [6, 6.07) is 0. The van der Waals surface area contributed by atoms with Gasteiger partial charge in [-0.15, -0.1) is 0 Å². The van der Waals surface area contributed by atoms with Gasteiger partial charge in [-0.05, 0) is 37.8 Å². The first-order valence-electron chi connectivity index (χ1n) is 5.64. The third-order valence-corrected chi connectivity index (χ3v) is 2.96. The zero-order chi connectivity index (χ0) is 9.52. The molecule has 0 radical (unpaired) electrons. The van der Waals surface area contributed by atoms with Gasteiger partial charge in [-0.2, -0.15) is 0 Å². The second-order valence-corrected chi connectivity index (χ2v) is 4.45. The van der Waals surface area contributed by atoms with Crippen LogP contribution in [-0.4, -0.2) is 24.8 Å². The Morgan fingerprint density at radius 2 is 2.00 bits per heavy atom. The molecule has 0 aromatic rings. The van der Waals surface area contributed by atoms with E-state index in [9.17, 15) is 0 Å². The molecule has 0 bridgehead atoms. The van der Waals surface area contributed by atoms with Crippen molar-refractivity contribution in [3.63, 3.8) is 0 Å². The Hall–Kier alpha value is -0.0800. The maximum absolute atomic E-state index is 8.83. The minimum Gasteiger partial charge on any atom is -0.396 e. The standard InChI is InChI=1S/C11H23NO/c1-10(9-13)7-12-8-11-5-3-2-4-6-11/h10-13H,2-9H2,1H3. The summed E-state index contributed by atoms with van der Waals surface area (Å²) in [5, 5.41) is 12.3. The van der Waals surface area contributed by atoms with Crippen molar-refractivity contribution in [2.45, 2.75) is 39.0 Å². The molecule has 1 fully saturated rings. The lowest BCUT2D eigenvalue weighted by Gasteiger charge is -2.22. The zero-order valence-electron chi connectivity index (χ0n) is 8.76. The van der Waals surface area contributed by atoms with E-state index in [1.807, 2.05) is 0 Å². The monoisotopic (exact) mass is 185 g/mol. The van der Waals surface area contributed by atoms with Crippen molar-refractivity contribution in [1.29, 1.82) is 0 Å². The molecule has 1 atom stereocenters. The number of nitrogens with one attached hydrogen (secondary N) is 1. The summed E-state index contributed by atoms with van der Waals surface area (Å²) in [7, 11) is 0. The summed E-state index contributed by atoms with van der Waals surface area (Å²) in [6.45, 7) is 4.50. The Balaban J connectivity index is 1.98. The zero-order valence-corrected chi connectivity index (χ0v) is 8.76. The average Bonchev–Trinajstić information content (AvgIpc) is 2.19. The number of aliphatic hydroxyl groups excluding tert-OH is 1. The van der Waals surface area contributed by atoms with E-state index in [4.69, 9.17) is 5.11 Å². The Kier molecular flexibility index (Phi) is 5.40. The van der Waals surface area contributed by atoms with E-state index in [1.54, 1.807) is 0 Å². The van der Waals surface area contributed by atoms with Crippen LogP contribution in [0.15, 0.2) is 0 Å². The summed E-state index contributed by atoms with van der Waals surface area (Å²) in [5.41, 5.74) is 0. The van der Waals surface area contributed by atoms with Crippen LogP contribution in [0.1, 0.15) is 39.0 Å². The van der Waals surface area contributed by atoms with Crippen molar-refractivity contribution >= 4 is 0 Å². The van der Waals surface area contributed by atoms with Gasteiger partial charge < -0.3 is 10.4 Å². The summed E-state index contributed by atoms with van der Waals surface area (Å²) < 4.78 is 0. The highest BCUT2D eigenvalue weighted by molar-refractivity contribution is 4.68. The fraction of sp³-hybridized carbons (Fsp3) is 1.00. The first-order valence-corrected chi connectivity index (χ1v) is 5.64. The van der Waals surface area contributed by atoms with Gasteiger partial charge in [-0.3, -0.25) is 0 Å². The molecule has 1 aliphatic carbocycles. The van der Waals surface area contributed by atoms with Crippen molar-refractivity contribution < 1.29 is 5.11 Å². The van der Waals surface area contributed by atoms with E-state index < -0.39 is 0 Å². The molecular weight excluding hydrogens is 162 g/mol.